The monoisotopic (exact) mass is 566 g/mol. The molecule has 1 fully saturated rings. The van der Waals surface area contributed by atoms with Crippen LogP contribution in [-0.2, 0) is 14.3 Å². The quantitative estimate of drug-likeness (QED) is 0.0722. The smallest absolute Gasteiger partial charge is 0.306 e. The highest BCUT2D eigenvalue weighted by atomic mass is 16.5. The van der Waals surface area contributed by atoms with E-state index in [1.807, 2.05) is 21.0 Å². The molecule has 0 saturated heterocycles. The molecule has 4 atom stereocenters. The second-order valence-electron chi connectivity index (χ2n) is 13.1. The summed E-state index contributed by atoms with van der Waals surface area (Å²) in [5, 5.41) is 9.17. The molecule has 236 valence electrons. The summed E-state index contributed by atoms with van der Waals surface area (Å²) in [7, 11) is 4.10. The Morgan fingerprint density at radius 3 is 1.75 bits per heavy atom. The molecule has 0 bridgehead atoms. The fourth-order valence-corrected chi connectivity index (χ4v) is 6.18. The topological polar surface area (TPSA) is 66.8 Å². The van der Waals surface area contributed by atoms with Gasteiger partial charge in [-0.15, -0.1) is 0 Å². The maximum atomic E-state index is 12.4. The van der Waals surface area contributed by atoms with Crippen LogP contribution in [0.1, 0.15) is 168 Å². The van der Waals surface area contributed by atoms with Crippen molar-refractivity contribution in [2.24, 2.45) is 17.8 Å². The van der Waals surface area contributed by atoms with Gasteiger partial charge in [0.2, 0.25) is 0 Å². The maximum absolute atomic E-state index is 12.4. The lowest BCUT2D eigenvalue weighted by Gasteiger charge is -2.18. The molecular formula is C35H67NO4. The van der Waals surface area contributed by atoms with Gasteiger partial charge in [-0.1, -0.05) is 110 Å². The number of esters is 1. The van der Waals surface area contributed by atoms with E-state index in [1.165, 1.54) is 109 Å². The molecule has 0 heterocycles. The van der Waals surface area contributed by atoms with Gasteiger partial charge in [0.25, 0.3) is 0 Å². The Hall–Kier alpha value is -1.10. The van der Waals surface area contributed by atoms with Crippen LogP contribution in [0.25, 0.3) is 0 Å². The van der Waals surface area contributed by atoms with Gasteiger partial charge in [-0.3, -0.25) is 9.59 Å². The molecule has 4 unspecified atom stereocenters. The van der Waals surface area contributed by atoms with Gasteiger partial charge in [0.1, 0.15) is 6.10 Å². The van der Waals surface area contributed by atoms with Crippen LogP contribution in [0.3, 0.4) is 0 Å². The number of nitrogens with zero attached hydrogens (tertiary/aromatic N) is 1. The van der Waals surface area contributed by atoms with Crippen molar-refractivity contribution in [3.8, 4) is 0 Å². The van der Waals surface area contributed by atoms with Crippen molar-refractivity contribution < 1.29 is 19.4 Å². The fourth-order valence-electron chi connectivity index (χ4n) is 6.18. The van der Waals surface area contributed by atoms with Gasteiger partial charge in [-0.05, 0) is 83.8 Å². The average Bonchev–Trinajstić information content (AvgIpc) is 3.66. The molecule has 0 aromatic carbocycles. The van der Waals surface area contributed by atoms with Crippen molar-refractivity contribution in [2.75, 3.05) is 20.6 Å². The lowest BCUT2D eigenvalue weighted by Crippen LogP contribution is -2.20. The van der Waals surface area contributed by atoms with Gasteiger partial charge in [-0.2, -0.15) is 0 Å². The highest BCUT2D eigenvalue weighted by Crippen LogP contribution is 2.45. The summed E-state index contributed by atoms with van der Waals surface area (Å²) in [6.45, 7) is 5.18. The van der Waals surface area contributed by atoms with Crippen molar-refractivity contribution in [3.05, 3.63) is 0 Å². The molecule has 1 saturated carbocycles. The summed E-state index contributed by atoms with van der Waals surface area (Å²) in [5.41, 5.74) is 0. The maximum Gasteiger partial charge on any atom is 0.306 e. The van der Waals surface area contributed by atoms with E-state index >= 15 is 0 Å². The van der Waals surface area contributed by atoms with Crippen LogP contribution in [0.15, 0.2) is 0 Å². The third-order valence-electron chi connectivity index (χ3n) is 9.05. The molecule has 1 rings (SSSR count). The molecule has 1 N–H and O–H groups in total. The highest BCUT2D eigenvalue weighted by molar-refractivity contribution is 5.70. The number of hydrogen-bond acceptors (Lipinski definition) is 4. The lowest BCUT2D eigenvalue weighted by molar-refractivity contribution is -0.150. The Balaban J connectivity index is 2.09. The van der Waals surface area contributed by atoms with Gasteiger partial charge in [-0.25, -0.2) is 0 Å². The zero-order valence-electron chi connectivity index (χ0n) is 27.1. The first-order valence-electron chi connectivity index (χ1n) is 17.4. The van der Waals surface area contributed by atoms with Gasteiger partial charge >= 0.3 is 11.9 Å². The van der Waals surface area contributed by atoms with Crippen LogP contribution < -0.4 is 0 Å². The summed E-state index contributed by atoms with van der Waals surface area (Å²) >= 11 is 0. The first-order chi connectivity index (χ1) is 19.4. The van der Waals surface area contributed by atoms with Crippen LogP contribution in [0.2, 0.25) is 0 Å². The lowest BCUT2D eigenvalue weighted by atomic mass is 9.98. The first kappa shape index (κ1) is 36.9. The summed E-state index contributed by atoms with van der Waals surface area (Å²) in [5.74, 6) is 1.10. The van der Waals surface area contributed by atoms with Gasteiger partial charge in [0.15, 0.2) is 0 Å². The summed E-state index contributed by atoms with van der Waals surface area (Å²) < 4.78 is 5.95. The van der Waals surface area contributed by atoms with Gasteiger partial charge in [0, 0.05) is 6.42 Å². The predicted molar refractivity (Wildman–Crippen MR) is 169 cm³/mol. The molecule has 0 radical (unpaired) electrons. The standard InChI is InChI=1S/C35H67NO4/c1-5-7-8-9-10-14-17-25-33(40-34(37)27-21-28-36(3)4)26-18-15-12-11-13-16-23-31-29-32(31)24-20-19-22-30(6-2)35(38)39/h30-33H,5-29H2,1-4H3,(H,38,39). The Bertz CT molecular complexity index is 623. The number of carboxylic acids is 1. The van der Waals surface area contributed by atoms with Crippen molar-refractivity contribution in [1.29, 1.82) is 0 Å². The predicted octanol–water partition coefficient (Wildman–Crippen LogP) is 9.81. The zero-order chi connectivity index (χ0) is 29.4. The van der Waals surface area contributed by atoms with E-state index in [9.17, 15) is 9.59 Å². The molecular weight excluding hydrogens is 498 g/mol. The van der Waals surface area contributed by atoms with E-state index in [4.69, 9.17) is 9.84 Å². The molecule has 1 aliphatic rings. The first-order valence-corrected chi connectivity index (χ1v) is 17.4. The van der Waals surface area contributed by atoms with Gasteiger partial charge in [0.05, 0.1) is 5.92 Å². The number of aliphatic carboxylic acids is 1. The SMILES string of the molecule is CCCCCCCCCC(CCCCCCCCC1CC1CCCCC(CC)C(=O)O)OC(=O)CCCN(C)C. The largest absolute Gasteiger partial charge is 0.481 e. The van der Waals surface area contributed by atoms with E-state index < -0.39 is 5.97 Å². The number of rotatable bonds is 29. The van der Waals surface area contributed by atoms with Crippen LogP contribution in [0.4, 0.5) is 0 Å². The van der Waals surface area contributed by atoms with Crippen LogP contribution in [-0.4, -0.2) is 48.7 Å². The summed E-state index contributed by atoms with van der Waals surface area (Å²) in [6, 6.07) is 0. The van der Waals surface area contributed by atoms with E-state index in [1.54, 1.807) is 0 Å². The highest BCUT2D eigenvalue weighted by Gasteiger charge is 2.35. The number of carboxylic acid groups (broad SMARTS) is 1. The molecule has 0 aromatic rings. The van der Waals surface area contributed by atoms with E-state index in [0.29, 0.717) is 6.42 Å². The Labute approximate surface area is 248 Å². The number of hydrogen-bond donors (Lipinski definition) is 1. The fraction of sp³-hybridized carbons (Fsp3) is 0.943. The van der Waals surface area contributed by atoms with Crippen molar-refractivity contribution in [2.45, 2.75) is 174 Å². The van der Waals surface area contributed by atoms with E-state index in [-0.39, 0.29) is 18.0 Å². The Morgan fingerprint density at radius 2 is 1.23 bits per heavy atom. The Kier molecular flexibility index (Phi) is 22.6. The second kappa shape index (κ2) is 24.5. The summed E-state index contributed by atoms with van der Waals surface area (Å²) in [4.78, 5) is 25.7. The van der Waals surface area contributed by atoms with Crippen molar-refractivity contribution in [3.63, 3.8) is 0 Å². The molecule has 0 aliphatic heterocycles. The molecule has 5 nitrogen and oxygen atoms in total. The average molecular weight is 566 g/mol. The molecule has 40 heavy (non-hydrogen) atoms. The van der Waals surface area contributed by atoms with Crippen LogP contribution >= 0.6 is 0 Å². The molecule has 1 aliphatic carbocycles. The molecule has 0 spiro atoms. The summed E-state index contributed by atoms with van der Waals surface area (Å²) in [6.07, 6.45) is 28.5. The number of carbonyl (C=O) groups excluding carboxylic acids is 1. The van der Waals surface area contributed by atoms with Crippen molar-refractivity contribution in [1.82, 2.24) is 4.90 Å². The molecule has 0 amide bonds. The van der Waals surface area contributed by atoms with Gasteiger partial charge < -0.3 is 14.7 Å². The minimum absolute atomic E-state index is 0.00130. The number of ether oxygens (including phenoxy) is 1. The van der Waals surface area contributed by atoms with Crippen LogP contribution in [0, 0.1) is 17.8 Å². The van der Waals surface area contributed by atoms with Crippen molar-refractivity contribution >= 4 is 11.9 Å². The zero-order valence-corrected chi connectivity index (χ0v) is 27.1. The normalized spacial score (nSPS) is 18.1. The third-order valence-corrected chi connectivity index (χ3v) is 9.05. The van der Waals surface area contributed by atoms with Crippen LogP contribution in [0.5, 0.6) is 0 Å². The Morgan fingerprint density at radius 1 is 0.725 bits per heavy atom. The van der Waals surface area contributed by atoms with E-state index in [2.05, 4.69) is 11.8 Å². The molecule has 0 aromatic heterocycles. The third kappa shape index (κ3) is 20.7. The molecule has 5 heteroatoms. The number of unbranched alkanes of at least 4 members (excludes halogenated alkanes) is 12. The minimum atomic E-state index is -0.621. The van der Waals surface area contributed by atoms with E-state index in [0.717, 1.165) is 56.9 Å². The second-order valence-corrected chi connectivity index (χ2v) is 13.1. The number of carbonyl (C=O) groups is 2. The minimum Gasteiger partial charge on any atom is -0.481 e.